The molecule has 0 radical (unpaired) electrons. The fourth-order valence-electron chi connectivity index (χ4n) is 2.50. The average Bonchev–Trinajstić information content (AvgIpc) is 3.30. The van der Waals surface area contributed by atoms with Crippen molar-refractivity contribution in [3.05, 3.63) is 66.4 Å². The van der Waals surface area contributed by atoms with Crippen molar-refractivity contribution in [1.82, 2.24) is 29.6 Å². The molecule has 0 saturated carbocycles. The Morgan fingerprint density at radius 3 is 2.96 bits per heavy atom. The lowest BCUT2D eigenvalue weighted by Crippen LogP contribution is -2.26. The first kappa shape index (κ1) is 15.0. The van der Waals surface area contributed by atoms with E-state index in [9.17, 15) is 4.79 Å². The van der Waals surface area contributed by atoms with Gasteiger partial charge < -0.3 is 9.42 Å². The first-order valence-electron chi connectivity index (χ1n) is 7.62. The van der Waals surface area contributed by atoms with Gasteiger partial charge >= 0.3 is 0 Å². The summed E-state index contributed by atoms with van der Waals surface area (Å²) in [7, 11) is 1.71. The monoisotopic (exact) mass is 334 g/mol. The van der Waals surface area contributed by atoms with Crippen LogP contribution >= 0.6 is 0 Å². The Morgan fingerprint density at radius 1 is 1.20 bits per heavy atom. The van der Waals surface area contributed by atoms with Crippen molar-refractivity contribution in [3.63, 3.8) is 0 Å². The number of aromatic nitrogens is 5. The molecule has 4 aromatic rings. The molecule has 0 aromatic carbocycles. The maximum Gasteiger partial charge on any atom is 0.254 e. The Kier molecular flexibility index (Phi) is 3.70. The third-order valence-corrected chi connectivity index (χ3v) is 3.75. The van der Waals surface area contributed by atoms with Gasteiger partial charge in [0.05, 0.1) is 12.2 Å². The highest BCUT2D eigenvalue weighted by Gasteiger charge is 2.16. The number of pyridine rings is 2. The fourth-order valence-corrected chi connectivity index (χ4v) is 2.50. The van der Waals surface area contributed by atoms with Gasteiger partial charge in [-0.1, -0.05) is 11.2 Å². The summed E-state index contributed by atoms with van der Waals surface area (Å²) in [5.41, 5.74) is 2.52. The van der Waals surface area contributed by atoms with Crippen LogP contribution in [0.3, 0.4) is 0 Å². The summed E-state index contributed by atoms with van der Waals surface area (Å²) in [6, 6.07) is 10.8. The number of carbonyl (C=O) groups excluding carboxylic acids is 1. The molecule has 4 rings (SSSR count). The second-order valence-corrected chi connectivity index (χ2v) is 5.53. The maximum atomic E-state index is 12.6. The molecule has 0 bridgehead atoms. The zero-order valence-electron chi connectivity index (χ0n) is 13.4. The molecular formula is C17H14N6O2. The summed E-state index contributed by atoms with van der Waals surface area (Å²) in [6.07, 6.45) is 4.85. The Labute approximate surface area is 142 Å². The summed E-state index contributed by atoms with van der Waals surface area (Å²) in [5.74, 6) is 0.446. The molecule has 0 aliphatic carbocycles. The Balaban J connectivity index is 1.50. The van der Waals surface area contributed by atoms with Gasteiger partial charge in [-0.05, 0) is 24.3 Å². The van der Waals surface area contributed by atoms with Crippen molar-refractivity contribution in [2.24, 2.45) is 0 Å². The van der Waals surface area contributed by atoms with Crippen molar-refractivity contribution in [3.8, 4) is 11.4 Å². The van der Waals surface area contributed by atoms with Gasteiger partial charge in [0, 0.05) is 31.1 Å². The van der Waals surface area contributed by atoms with E-state index in [1.54, 1.807) is 47.1 Å². The van der Waals surface area contributed by atoms with E-state index in [1.807, 2.05) is 18.2 Å². The Morgan fingerprint density at radius 2 is 2.12 bits per heavy atom. The topological polar surface area (TPSA) is 89.4 Å². The molecule has 4 aromatic heterocycles. The molecule has 0 aliphatic rings. The van der Waals surface area contributed by atoms with E-state index < -0.39 is 0 Å². The standard InChI is InChI=1S/C17H14N6O2/c1-22(17(24)12-5-7-23-16(8-12)19-11-20-23)10-13-9-15(21-25-13)14-4-2-3-6-18-14/h2-9,11H,10H2,1H3. The van der Waals surface area contributed by atoms with Crippen LogP contribution in [0.25, 0.3) is 17.0 Å². The van der Waals surface area contributed by atoms with Crippen LogP contribution in [0.15, 0.2) is 59.6 Å². The van der Waals surface area contributed by atoms with Crippen LogP contribution in [0, 0.1) is 0 Å². The predicted octanol–water partition coefficient (Wildman–Crippen LogP) is 2.05. The van der Waals surface area contributed by atoms with Gasteiger partial charge in [-0.3, -0.25) is 9.78 Å². The van der Waals surface area contributed by atoms with E-state index in [0.29, 0.717) is 29.2 Å². The number of nitrogens with zero attached hydrogens (tertiary/aromatic N) is 6. The highest BCUT2D eigenvalue weighted by molar-refractivity contribution is 5.94. The number of amides is 1. The van der Waals surface area contributed by atoms with Gasteiger partial charge in [0.2, 0.25) is 0 Å². The minimum absolute atomic E-state index is 0.138. The second-order valence-electron chi connectivity index (χ2n) is 5.53. The number of fused-ring (bicyclic) bond motifs is 1. The zero-order chi connectivity index (χ0) is 17.2. The summed E-state index contributed by atoms with van der Waals surface area (Å²) >= 11 is 0. The first-order valence-corrected chi connectivity index (χ1v) is 7.62. The van der Waals surface area contributed by atoms with Gasteiger partial charge in [0.15, 0.2) is 11.4 Å². The van der Waals surface area contributed by atoms with Crippen molar-refractivity contribution in [1.29, 1.82) is 0 Å². The highest BCUT2D eigenvalue weighted by atomic mass is 16.5. The molecule has 0 unspecified atom stereocenters. The largest absolute Gasteiger partial charge is 0.359 e. The Bertz CT molecular complexity index is 1020. The minimum atomic E-state index is -0.138. The summed E-state index contributed by atoms with van der Waals surface area (Å²) in [4.78, 5) is 22.5. The summed E-state index contributed by atoms with van der Waals surface area (Å²) < 4.78 is 6.93. The van der Waals surface area contributed by atoms with Gasteiger partial charge in [-0.25, -0.2) is 9.50 Å². The smallest absolute Gasteiger partial charge is 0.254 e. The van der Waals surface area contributed by atoms with E-state index >= 15 is 0 Å². The number of carbonyl (C=O) groups is 1. The molecule has 1 amide bonds. The first-order chi connectivity index (χ1) is 12.2. The minimum Gasteiger partial charge on any atom is -0.359 e. The van der Waals surface area contributed by atoms with Crippen LogP contribution < -0.4 is 0 Å². The molecule has 0 spiro atoms. The van der Waals surface area contributed by atoms with E-state index in [2.05, 4.69) is 20.2 Å². The van der Waals surface area contributed by atoms with Crippen LogP contribution in [0.5, 0.6) is 0 Å². The molecule has 0 N–H and O–H groups in total. The molecule has 0 saturated heterocycles. The molecule has 8 nitrogen and oxygen atoms in total. The highest BCUT2D eigenvalue weighted by Crippen LogP contribution is 2.17. The third kappa shape index (κ3) is 2.97. The lowest BCUT2D eigenvalue weighted by molar-refractivity contribution is 0.0772. The zero-order valence-corrected chi connectivity index (χ0v) is 13.4. The lowest BCUT2D eigenvalue weighted by atomic mass is 10.2. The summed E-state index contributed by atoms with van der Waals surface area (Å²) in [5, 5.41) is 8.02. The van der Waals surface area contributed by atoms with Gasteiger partial charge in [0.1, 0.15) is 12.0 Å². The van der Waals surface area contributed by atoms with Crippen LogP contribution in [-0.2, 0) is 6.54 Å². The van der Waals surface area contributed by atoms with E-state index in [4.69, 9.17) is 4.52 Å². The van der Waals surface area contributed by atoms with Crippen LogP contribution in [0.2, 0.25) is 0 Å². The van der Waals surface area contributed by atoms with Crippen molar-refractivity contribution < 1.29 is 9.32 Å². The molecule has 0 fully saturated rings. The predicted molar refractivity (Wildman–Crippen MR) is 88.5 cm³/mol. The van der Waals surface area contributed by atoms with E-state index in [0.717, 1.165) is 5.69 Å². The van der Waals surface area contributed by atoms with Crippen LogP contribution in [0.1, 0.15) is 16.1 Å². The van der Waals surface area contributed by atoms with Crippen LogP contribution in [-0.4, -0.2) is 42.6 Å². The van der Waals surface area contributed by atoms with Gasteiger partial charge in [-0.2, -0.15) is 5.10 Å². The average molecular weight is 334 g/mol. The molecule has 124 valence electrons. The van der Waals surface area contributed by atoms with Crippen molar-refractivity contribution in [2.75, 3.05) is 7.05 Å². The molecule has 4 heterocycles. The SMILES string of the molecule is CN(Cc1cc(-c2ccccn2)no1)C(=O)c1ccn2ncnc2c1. The van der Waals surface area contributed by atoms with Crippen molar-refractivity contribution in [2.45, 2.75) is 6.54 Å². The van der Waals surface area contributed by atoms with Gasteiger partial charge in [-0.15, -0.1) is 0 Å². The lowest BCUT2D eigenvalue weighted by Gasteiger charge is -2.15. The molecule has 0 atom stereocenters. The van der Waals surface area contributed by atoms with Gasteiger partial charge in [0.25, 0.3) is 5.91 Å². The molecular weight excluding hydrogens is 320 g/mol. The number of hydrogen-bond acceptors (Lipinski definition) is 6. The third-order valence-electron chi connectivity index (χ3n) is 3.75. The van der Waals surface area contributed by atoms with E-state index in [1.165, 1.54) is 6.33 Å². The quantitative estimate of drug-likeness (QED) is 0.567. The molecule has 25 heavy (non-hydrogen) atoms. The van der Waals surface area contributed by atoms with E-state index in [-0.39, 0.29) is 5.91 Å². The van der Waals surface area contributed by atoms with Crippen molar-refractivity contribution >= 4 is 11.6 Å². The maximum absolute atomic E-state index is 12.6. The second kappa shape index (κ2) is 6.16. The normalized spacial score (nSPS) is 10.9. The Hall–Kier alpha value is -3.55. The fraction of sp³-hybridized carbons (Fsp3) is 0.118. The number of hydrogen-bond donors (Lipinski definition) is 0. The van der Waals surface area contributed by atoms with Crippen LogP contribution in [0.4, 0.5) is 0 Å². The number of rotatable bonds is 4. The molecule has 0 aliphatic heterocycles. The summed E-state index contributed by atoms with van der Waals surface area (Å²) in [6.45, 7) is 0.302. The molecule has 8 heteroatoms.